The minimum absolute atomic E-state index is 0.235. The lowest BCUT2D eigenvalue weighted by molar-refractivity contribution is -0.118. The molecular formula is C16H18N2O4. The van der Waals surface area contributed by atoms with E-state index in [4.69, 9.17) is 0 Å². The molecule has 0 radical (unpaired) electrons. The minimum atomic E-state index is -0.760. The zero-order valence-corrected chi connectivity index (χ0v) is 12.9. The van der Waals surface area contributed by atoms with Crippen LogP contribution >= 0.6 is 0 Å². The molecule has 6 nitrogen and oxygen atoms in total. The summed E-state index contributed by atoms with van der Waals surface area (Å²) in [7, 11) is 1.54. The van der Waals surface area contributed by atoms with Gasteiger partial charge in [0.1, 0.15) is 11.3 Å². The monoisotopic (exact) mass is 302 g/mol. The molecule has 6 heteroatoms. The van der Waals surface area contributed by atoms with Crippen LogP contribution in [0.4, 0.5) is 0 Å². The van der Waals surface area contributed by atoms with Gasteiger partial charge in [0.25, 0.3) is 11.5 Å². The standard InChI is InChI=1S/C16H18N2O4/c1-8-6-5-7-11-13(8)18(4)16(22)12(14(11)20)15(21)17-9(2)10(3)19/h5-7,9,20H,1-4H3,(H,17,21)/t9-/m0/s1. The summed E-state index contributed by atoms with van der Waals surface area (Å²) in [6.07, 6.45) is 0. The van der Waals surface area contributed by atoms with Crippen LogP contribution in [-0.4, -0.2) is 27.4 Å². The number of rotatable bonds is 3. The molecule has 0 bridgehead atoms. The Bertz CT molecular complexity index is 836. The summed E-state index contributed by atoms with van der Waals surface area (Å²) in [5, 5.41) is 13.2. The molecule has 1 amide bonds. The van der Waals surface area contributed by atoms with E-state index < -0.39 is 17.5 Å². The maximum absolute atomic E-state index is 12.4. The predicted molar refractivity (Wildman–Crippen MR) is 83.2 cm³/mol. The topological polar surface area (TPSA) is 88.4 Å². The van der Waals surface area contributed by atoms with Crippen LogP contribution in [0.2, 0.25) is 0 Å². The van der Waals surface area contributed by atoms with E-state index in [0.717, 1.165) is 5.56 Å². The third kappa shape index (κ3) is 2.47. The molecule has 1 aromatic heterocycles. The molecule has 0 unspecified atom stereocenters. The quantitative estimate of drug-likeness (QED) is 0.893. The second kappa shape index (κ2) is 5.63. The Hall–Kier alpha value is -2.63. The van der Waals surface area contributed by atoms with Crippen LogP contribution in [0, 0.1) is 6.92 Å². The highest BCUT2D eigenvalue weighted by Gasteiger charge is 2.23. The zero-order valence-electron chi connectivity index (χ0n) is 12.9. The number of nitrogens with one attached hydrogen (secondary N) is 1. The summed E-state index contributed by atoms with van der Waals surface area (Å²) >= 11 is 0. The molecule has 0 aliphatic heterocycles. The first-order chi connectivity index (χ1) is 10.3. The number of aryl methyl sites for hydroxylation is 2. The molecule has 0 saturated heterocycles. The van der Waals surface area contributed by atoms with Gasteiger partial charge in [-0.05, 0) is 32.4 Å². The van der Waals surface area contributed by atoms with Gasteiger partial charge in [0, 0.05) is 12.4 Å². The number of pyridine rings is 1. The van der Waals surface area contributed by atoms with Gasteiger partial charge in [-0.25, -0.2) is 0 Å². The van der Waals surface area contributed by atoms with Crippen molar-refractivity contribution in [1.82, 2.24) is 9.88 Å². The number of benzene rings is 1. The minimum Gasteiger partial charge on any atom is -0.506 e. The molecule has 0 saturated carbocycles. The number of aromatic hydroxyl groups is 1. The fourth-order valence-corrected chi connectivity index (χ4v) is 2.38. The molecule has 0 aliphatic carbocycles. The second-order valence-corrected chi connectivity index (χ2v) is 5.36. The Labute approximate surface area is 127 Å². The molecule has 1 aromatic carbocycles. The van der Waals surface area contributed by atoms with Gasteiger partial charge in [0.05, 0.1) is 11.6 Å². The number of fused-ring (bicyclic) bond motifs is 1. The molecule has 1 atom stereocenters. The number of amides is 1. The number of ketones is 1. The summed E-state index contributed by atoms with van der Waals surface area (Å²) < 4.78 is 1.33. The average Bonchev–Trinajstić information content (AvgIpc) is 2.44. The second-order valence-electron chi connectivity index (χ2n) is 5.36. The molecular weight excluding hydrogens is 284 g/mol. The molecule has 0 aliphatic rings. The number of para-hydroxylation sites is 1. The van der Waals surface area contributed by atoms with Crippen molar-refractivity contribution in [2.24, 2.45) is 7.05 Å². The molecule has 1 heterocycles. The van der Waals surface area contributed by atoms with E-state index in [1.165, 1.54) is 18.4 Å². The molecule has 22 heavy (non-hydrogen) atoms. The number of Topliss-reactive ketones (excluding diaryl/α,β-unsaturated/α-hetero) is 1. The number of aromatic nitrogens is 1. The number of hydrogen-bond acceptors (Lipinski definition) is 4. The van der Waals surface area contributed by atoms with Crippen LogP contribution in [0.25, 0.3) is 10.9 Å². The maximum Gasteiger partial charge on any atom is 0.267 e. The first-order valence-electron chi connectivity index (χ1n) is 6.88. The Kier molecular flexibility index (Phi) is 4.03. The average molecular weight is 302 g/mol. The van der Waals surface area contributed by atoms with Crippen LogP contribution in [0.5, 0.6) is 5.75 Å². The summed E-state index contributed by atoms with van der Waals surface area (Å²) in [5.74, 6) is -1.36. The van der Waals surface area contributed by atoms with Crippen molar-refractivity contribution >= 4 is 22.6 Å². The number of hydrogen-bond donors (Lipinski definition) is 2. The summed E-state index contributed by atoms with van der Waals surface area (Å²) in [6.45, 7) is 4.68. The van der Waals surface area contributed by atoms with E-state index in [2.05, 4.69) is 5.32 Å². The van der Waals surface area contributed by atoms with E-state index in [0.29, 0.717) is 10.9 Å². The van der Waals surface area contributed by atoms with Gasteiger partial charge in [-0.2, -0.15) is 0 Å². The van der Waals surface area contributed by atoms with Crippen molar-refractivity contribution in [3.63, 3.8) is 0 Å². The molecule has 0 spiro atoms. The van der Waals surface area contributed by atoms with E-state index in [-0.39, 0.29) is 17.1 Å². The normalized spacial score (nSPS) is 12.2. The third-order valence-electron chi connectivity index (χ3n) is 3.77. The molecule has 116 valence electrons. The SMILES string of the molecule is CC(=O)[C@H](C)NC(=O)c1c(O)c2cccc(C)c2n(C)c1=O. The van der Waals surface area contributed by atoms with Crippen LogP contribution in [0.3, 0.4) is 0 Å². The van der Waals surface area contributed by atoms with Gasteiger partial charge in [0.15, 0.2) is 5.78 Å². The van der Waals surface area contributed by atoms with Crippen molar-refractivity contribution in [1.29, 1.82) is 0 Å². The molecule has 2 N–H and O–H groups in total. The van der Waals surface area contributed by atoms with E-state index >= 15 is 0 Å². The largest absolute Gasteiger partial charge is 0.506 e. The number of nitrogens with zero attached hydrogens (tertiary/aromatic N) is 1. The Balaban J connectivity index is 2.68. The van der Waals surface area contributed by atoms with Crippen LogP contribution in [-0.2, 0) is 11.8 Å². The summed E-state index contributed by atoms with van der Waals surface area (Å²) in [5.41, 5.74) is 0.430. The van der Waals surface area contributed by atoms with Crippen molar-refractivity contribution in [2.45, 2.75) is 26.8 Å². The van der Waals surface area contributed by atoms with Crippen molar-refractivity contribution in [3.05, 3.63) is 39.7 Å². The lowest BCUT2D eigenvalue weighted by Crippen LogP contribution is -2.40. The molecule has 0 fully saturated rings. The Morgan fingerprint density at radius 3 is 2.55 bits per heavy atom. The highest BCUT2D eigenvalue weighted by molar-refractivity contribution is 6.04. The first kappa shape index (κ1) is 15.8. The van der Waals surface area contributed by atoms with Crippen LogP contribution in [0.15, 0.2) is 23.0 Å². The fraction of sp³-hybridized carbons (Fsp3) is 0.312. The van der Waals surface area contributed by atoms with E-state index in [1.54, 1.807) is 19.2 Å². The lowest BCUT2D eigenvalue weighted by atomic mass is 10.1. The van der Waals surface area contributed by atoms with Crippen molar-refractivity contribution < 1.29 is 14.7 Å². The highest BCUT2D eigenvalue weighted by atomic mass is 16.3. The lowest BCUT2D eigenvalue weighted by Gasteiger charge is -2.15. The third-order valence-corrected chi connectivity index (χ3v) is 3.77. The van der Waals surface area contributed by atoms with Gasteiger partial charge < -0.3 is 15.0 Å². The van der Waals surface area contributed by atoms with Crippen molar-refractivity contribution in [3.8, 4) is 5.75 Å². The van der Waals surface area contributed by atoms with Gasteiger partial charge >= 0.3 is 0 Å². The van der Waals surface area contributed by atoms with Gasteiger partial charge in [-0.1, -0.05) is 12.1 Å². The Morgan fingerprint density at radius 1 is 1.32 bits per heavy atom. The summed E-state index contributed by atoms with van der Waals surface area (Å²) in [4.78, 5) is 35.9. The van der Waals surface area contributed by atoms with E-state index in [9.17, 15) is 19.5 Å². The highest BCUT2D eigenvalue weighted by Crippen LogP contribution is 2.27. The number of carbonyl (C=O) groups excluding carboxylic acids is 2. The van der Waals surface area contributed by atoms with Crippen LogP contribution < -0.4 is 10.9 Å². The molecule has 2 rings (SSSR count). The van der Waals surface area contributed by atoms with E-state index in [1.807, 2.05) is 13.0 Å². The zero-order chi connectivity index (χ0) is 16.6. The predicted octanol–water partition coefficient (Wildman–Crippen LogP) is 1.26. The van der Waals surface area contributed by atoms with Gasteiger partial charge in [0.2, 0.25) is 0 Å². The van der Waals surface area contributed by atoms with Crippen molar-refractivity contribution in [2.75, 3.05) is 0 Å². The fourth-order valence-electron chi connectivity index (χ4n) is 2.38. The molecule has 2 aromatic rings. The first-order valence-corrected chi connectivity index (χ1v) is 6.88. The Morgan fingerprint density at radius 2 is 1.95 bits per heavy atom. The maximum atomic E-state index is 12.4. The van der Waals surface area contributed by atoms with Gasteiger partial charge in [-0.3, -0.25) is 14.4 Å². The summed E-state index contributed by atoms with van der Waals surface area (Å²) in [6, 6.07) is 4.47. The smallest absolute Gasteiger partial charge is 0.267 e. The number of carbonyl (C=O) groups is 2. The van der Waals surface area contributed by atoms with Gasteiger partial charge in [-0.15, -0.1) is 0 Å². The van der Waals surface area contributed by atoms with Crippen LogP contribution in [0.1, 0.15) is 29.8 Å².